The summed E-state index contributed by atoms with van der Waals surface area (Å²) in [5.41, 5.74) is 4.55. The molecule has 6 radical (unpaired) electrons. The van der Waals surface area contributed by atoms with Crippen LogP contribution in [0, 0.1) is 6.92 Å². The molecule has 1 aromatic heterocycles. The fraction of sp³-hybridized carbons (Fsp3) is 0.286. The minimum atomic E-state index is -3.11. The first-order chi connectivity index (χ1) is 18.4. The SMILES string of the molecule is [B]C([B])([B])N1C(=O)c2cccc(OC(F)F)c2-n2c(nc3ccc(-c4ccc(P(C)C)c(C)c4)cc32)C1CC. The Balaban J connectivity index is 1.83. The number of para-hydroxylation sites is 1. The Labute approximate surface area is 231 Å². The lowest BCUT2D eigenvalue weighted by molar-refractivity contribution is -0.0498. The summed E-state index contributed by atoms with van der Waals surface area (Å²) in [4.78, 5) is 19.8. The number of hydrogen-bond acceptors (Lipinski definition) is 3. The Bertz CT molecular complexity index is 1590. The van der Waals surface area contributed by atoms with Gasteiger partial charge in [0.05, 0.1) is 46.2 Å². The minimum Gasteiger partial charge on any atom is -0.433 e. The van der Waals surface area contributed by atoms with Crippen LogP contribution < -0.4 is 10.0 Å². The van der Waals surface area contributed by atoms with Crippen LogP contribution in [0.3, 0.4) is 0 Å². The number of imidazole rings is 1. The molecule has 5 nitrogen and oxygen atoms in total. The first-order valence-corrected chi connectivity index (χ1v) is 14.7. The molecule has 2 heterocycles. The van der Waals surface area contributed by atoms with E-state index in [1.54, 1.807) is 4.57 Å². The molecule has 4 aromatic rings. The molecule has 192 valence electrons. The lowest BCUT2D eigenvalue weighted by Crippen LogP contribution is -2.54. The molecule has 1 unspecified atom stereocenters. The van der Waals surface area contributed by atoms with Gasteiger partial charge in [0.15, 0.2) is 5.75 Å². The van der Waals surface area contributed by atoms with Crippen molar-refractivity contribution in [2.24, 2.45) is 0 Å². The third-order valence-corrected chi connectivity index (χ3v) is 8.46. The third kappa shape index (κ3) is 4.77. The monoisotopic (exact) mass is 537 g/mol. The Morgan fingerprint density at radius 3 is 2.38 bits per heavy atom. The van der Waals surface area contributed by atoms with E-state index in [-0.39, 0.29) is 24.9 Å². The Hall–Kier alpha value is -3.12. The smallest absolute Gasteiger partial charge is 0.387 e. The maximum absolute atomic E-state index is 13.8. The molecule has 0 saturated heterocycles. The number of ether oxygens (including phenoxy) is 1. The van der Waals surface area contributed by atoms with Gasteiger partial charge < -0.3 is 9.64 Å². The molecular formula is C28H25B3F2N3O2P. The first-order valence-electron chi connectivity index (χ1n) is 12.5. The zero-order chi connectivity index (χ0) is 28.2. The molecule has 5 rings (SSSR count). The summed E-state index contributed by atoms with van der Waals surface area (Å²) < 4.78 is 33.7. The van der Waals surface area contributed by atoms with Crippen LogP contribution in [-0.2, 0) is 0 Å². The van der Waals surface area contributed by atoms with Gasteiger partial charge in [0, 0.05) is 0 Å². The van der Waals surface area contributed by atoms with Crippen molar-refractivity contribution >= 4 is 53.7 Å². The van der Waals surface area contributed by atoms with Crippen molar-refractivity contribution in [3.05, 3.63) is 71.5 Å². The van der Waals surface area contributed by atoms with Crippen LogP contribution >= 0.6 is 7.92 Å². The summed E-state index contributed by atoms with van der Waals surface area (Å²) in [6.07, 6.45) is 0.367. The van der Waals surface area contributed by atoms with Crippen molar-refractivity contribution in [2.45, 2.75) is 38.2 Å². The highest BCUT2D eigenvalue weighted by Crippen LogP contribution is 2.42. The van der Waals surface area contributed by atoms with Gasteiger partial charge in [0.2, 0.25) is 0 Å². The van der Waals surface area contributed by atoms with Crippen LogP contribution in [-0.4, -0.2) is 69.1 Å². The number of rotatable bonds is 6. The van der Waals surface area contributed by atoms with E-state index in [2.05, 4.69) is 38.5 Å². The maximum atomic E-state index is 13.8. The van der Waals surface area contributed by atoms with Gasteiger partial charge >= 0.3 is 6.61 Å². The summed E-state index contributed by atoms with van der Waals surface area (Å²) >= 11 is 0. The molecule has 1 atom stereocenters. The van der Waals surface area contributed by atoms with Gasteiger partial charge in [-0.25, -0.2) is 4.98 Å². The molecule has 0 N–H and O–H groups in total. The van der Waals surface area contributed by atoms with Crippen molar-refractivity contribution in [3.8, 4) is 22.6 Å². The number of alkyl halides is 2. The number of fused-ring (bicyclic) bond motifs is 5. The predicted molar refractivity (Wildman–Crippen MR) is 155 cm³/mol. The second kappa shape index (κ2) is 10.1. The van der Waals surface area contributed by atoms with Crippen molar-refractivity contribution < 1.29 is 18.3 Å². The molecule has 1 aliphatic rings. The second-order valence-corrected chi connectivity index (χ2v) is 12.2. The van der Waals surface area contributed by atoms with Gasteiger partial charge in [0.1, 0.15) is 11.5 Å². The van der Waals surface area contributed by atoms with Gasteiger partial charge in [-0.1, -0.05) is 50.4 Å². The molecule has 1 amide bonds. The van der Waals surface area contributed by atoms with E-state index in [0.29, 0.717) is 23.3 Å². The zero-order valence-corrected chi connectivity index (χ0v) is 23.0. The summed E-state index contributed by atoms with van der Waals surface area (Å²) in [7, 11) is 18.0. The summed E-state index contributed by atoms with van der Waals surface area (Å²) in [6.45, 7) is 5.27. The van der Waals surface area contributed by atoms with E-state index >= 15 is 0 Å². The van der Waals surface area contributed by atoms with Crippen molar-refractivity contribution in [1.29, 1.82) is 0 Å². The molecule has 0 saturated carbocycles. The average molecular weight is 537 g/mol. The highest BCUT2D eigenvalue weighted by atomic mass is 31.1. The topological polar surface area (TPSA) is 47.4 Å². The molecule has 0 aliphatic carbocycles. The standard InChI is InChI=1S/C28H25B3F2N3O2P/c1-5-20-25-34-19-11-9-17(16-10-12-23(39(3)4)15(2)13-16)14-21(19)35(25)24-18(26(37)36(20)28(29,30)31)7-6-8-22(24)38-27(32)33/h6-14,20,27H,5H2,1-4H3. The molecule has 11 heteroatoms. The second-order valence-electron chi connectivity index (χ2n) is 9.92. The Morgan fingerprint density at radius 1 is 1.08 bits per heavy atom. The minimum absolute atomic E-state index is 0.0697. The average Bonchev–Trinajstić information content (AvgIpc) is 3.18. The fourth-order valence-electron chi connectivity index (χ4n) is 5.38. The molecule has 0 bridgehead atoms. The van der Waals surface area contributed by atoms with Crippen LogP contribution in [0.5, 0.6) is 5.75 Å². The van der Waals surface area contributed by atoms with E-state index in [4.69, 9.17) is 33.3 Å². The number of hydrogen-bond donors (Lipinski definition) is 0. The molecule has 39 heavy (non-hydrogen) atoms. The lowest BCUT2D eigenvalue weighted by Gasteiger charge is -2.41. The van der Waals surface area contributed by atoms with E-state index in [1.807, 2.05) is 25.1 Å². The van der Waals surface area contributed by atoms with Crippen LogP contribution in [0.4, 0.5) is 8.78 Å². The number of nitrogens with zero attached hydrogens (tertiary/aromatic N) is 3. The number of halogens is 2. The summed E-state index contributed by atoms with van der Waals surface area (Å²) in [6, 6.07) is 15.8. The number of amides is 1. The van der Waals surface area contributed by atoms with Crippen molar-refractivity contribution in [3.63, 3.8) is 0 Å². The highest BCUT2D eigenvalue weighted by molar-refractivity contribution is 7.64. The van der Waals surface area contributed by atoms with Crippen molar-refractivity contribution in [1.82, 2.24) is 14.5 Å². The van der Waals surface area contributed by atoms with E-state index in [9.17, 15) is 13.6 Å². The third-order valence-electron chi connectivity index (χ3n) is 6.99. The van der Waals surface area contributed by atoms with Gasteiger partial charge in [0.25, 0.3) is 5.91 Å². The molecule has 1 aliphatic heterocycles. The normalized spacial score (nSPS) is 15.5. The van der Waals surface area contributed by atoms with Crippen LogP contribution in [0.2, 0.25) is 0 Å². The van der Waals surface area contributed by atoms with E-state index in [1.165, 1.54) is 29.1 Å². The number of carbonyl (C=O) groups is 1. The largest absolute Gasteiger partial charge is 0.433 e. The summed E-state index contributed by atoms with van der Waals surface area (Å²) in [5.74, 6) is -0.391. The predicted octanol–water partition coefficient (Wildman–Crippen LogP) is 4.99. The lowest BCUT2D eigenvalue weighted by atomic mass is 9.48. The van der Waals surface area contributed by atoms with Crippen molar-refractivity contribution in [2.75, 3.05) is 13.3 Å². The van der Waals surface area contributed by atoms with Gasteiger partial charge in [-0.2, -0.15) is 8.78 Å². The highest BCUT2D eigenvalue weighted by Gasteiger charge is 2.40. The molecule has 0 spiro atoms. The van der Waals surface area contributed by atoms with Gasteiger partial charge in [-0.15, -0.1) is 0 Å². The number of aryl methyl sites for hydroxylation is 1. The fourth-order valence-corrected chi connectivity index (χ4v) is 6.53. The maximum Gasteiger partial charge on any atom is 0.387 e. The van der Waals surface area contributed by atoms with Crippen LogP contribution in [0.1, 0.15) is 41.1 Å². The molecular weight excluding hydrogens is 512 g/mol. The number of aromatic nitrogens is 2. The van der Waals surface area contributed by atoms with E-state index in [0.717, 1.165) is 16.0 Å². The number of carbonyl (C=O) groups excluding carboxylic acids is 1. The van der Waals surface area contributed by atoms with Gasteiger partial charge in [-0.05, 0) is 72.9 Å². The molecule has 3 aromatic carbocycles. The van der Waals surface area contributed by atoms with E-state index < -0.39 is 23.8 Å². The van der Waals surface area contributed by atoms with Crippen LogP contribution in [0.15, 0.2) is 54.6 Å². The first kappa shape index (κ1) is 27.5. The number of benzene rings is 3. The summed E-state index contributed by atoms with van der Waals surface area (Å²) in [5, 5.41) is -0.710. The van der Waals surface area contributed by atoms with Crippen LogP contribution in [0.25, 0.3) is 27.8 Å². The molecule has 0 fully saturated rings. The Morgan fingerprint density at radius 2 is 1.77 bits per heavy atom. The van der Waals surface area contributed by atoms with Gasteiger partial charge in [-0.3, -0.25) is 9.36 Å². The zero-order valence-electron chi connectivity index (χ0n) is 22.2. The quantitative estimate of drug-likeness (QED) is 0.258. The Kier molecular flexibility index (Phi) is 7.13.